The summed E-state index contributed by atoms with van der Waals surface area (Å²) in [4.78, 5) is 32.3. The Morgan fingerprint density at radius 2 is 1.70 bits per heavy atom. The summed E-state index contributed by atoms with van der Waals surface area (Å²) in [6, 6.07) is 0.571. The van der Waals surface area contributed by atoms with Crippen molar-refractivity contribution in [2.75, 3.05) is 32.8 Å². The second-order valence-electron chi connectivity index (χ2n) is 10.3. The van der Waals surface area contributed by atoms with Gasteiger partial charge < -0.3 is 5.32 Å². The highest BCUT2D eigenvalue weighted by Crippen LogP contribution is 2.46. The third-order valence-electron chi connectivity index (χ3n) is 7.21. The molecule has 3 amide bonds. The summed E-state index contributed by atoms with van der Waals surface area (Å²) < 4.78 is 0. The van der Waals surface area contributed by atoms with Crippen molar-refractivity contribution in [2.45, 2.75) is 77.3 Å². The number of hydrogen-bond donors (Lipinski definition) is 1. The first-order valence-corrected chi connectivity index (χ1v) is 10.9. The monoisotopic (exact) mass is 376 g/mol. The lowest BCUT2D eigenvalue weighted by Crippen LogP contribution is -2.55. The Morgan fingerprint density at radius 1 is 1.04 bits per heavy atom. The maximum absolute atomic E-state index is 13.3. The summed E-state index contributed by atoms with van der Waals surface area (Å²) in [7, 11) is 0. The van der Waals surface area contributed by atoms with Crippen LogP contribution in [0.4, 0.5) is 4.79 Å². The zero-order chi connectivity index (χ0) is 19.2. The predicted octanol–water partition coefficient (Wildman–Crippen LogP) is 2.64. The number of nitrogens with one attached hydrogen (secondary N) is 1. The Hall–Kier alpha value is -1.14. The predicted molar refractivity (Wildman–Crippen MR) is 105 cm³/mol. The summed E-state index contributed by atoms with van der Waals surface area (Å²) in [5.74, 6) is 0.457. The molecule has 2 aliphatic carbocycles. The number of imide groups is 1. The molecule has 2 saturated carbocycles. The van der Waals surface area contributed by atoms with Gasteiger partial charge in [0.25, 0.3) is 5.91 Å². The van der Waals surface area contributed by atoms with Crippen LogP contribution in [0.5, 0.6) is 0 Å². The second kappa shape index (κ2) is 7.03. The van der Waals surface area contributed by atoms with Crippen molar-refractivity contribution in [3.63, 3.8) is 0 Å². The van der Waals surface area contributed by atoms with Crippen LogP contribution in [0.25, 0.3) is 0 Å². The van der Waals surface area contributed by atoms with E-state index in [0.717, 1.165) is 51.5 Å². The van der Waals surface area contributed by atoms with Crippen LogP contribution in [0.15, 0.2) is 0 Å². The molecular weight excluding hydrogens is 340 g/mol. The summed E-state index contributed by atoms with van der Waals surface area (Å²) in [6.45, 7) is 11.1. The molecule has 2 saturated heterocycles. The molecule has 2 aliphatic heterocycles. The first kappa shape index (κ1) is 19.2. The highest BCUT2D eigenvalue weighted by atomic mass is 16.2. The van der Waals surface area contributed by atoms with Crippen LogP contribution in [0, 0.1) is 11.3 Å². The van der Waals surface area contributed by atoms with Gasteiger partial charge in [-0.1, -0.05) is 33.6 Å². The molecule has 2 heterocycles. The van der Waals surface area contributed by atoms with E-state index < -0.39 is 5.54 Å². The molecule has 152 valence electrons. The molecule has 0 aromatic carbocycles. The minimum atomic E-state index is -0.677. The van der Waals surface area contributed by atoms with Crippen molar-refractivity contribution < 1.29 is 9.59 Å². The van der Waals surface area contributed by atoms with Gasteiger partial charge in [0, 0.05) is 32.2 Å². The number of carbonyl (C=O) groups is 2. The standard InChI is InChI=1S/C21H36N4O2/c1-16-12-20(2,3)14-21(13-16)18(26)25(19(27)22-21)15-23-8-10-24(11-9-23)17-6-4-5-7-17/h16-17H,4-15H2,1-3H3,(H,22,27). The molecule has 0 bridgehead atoms. The van der Waals surface area contributed by atoms with E-state index in [-0.39, 0.29) is 17.4 Å². The summed E-state index contributed by atoms with van der Waals surface area (Å²) in [5, 5.41) is 3.10. The lowest BCUT2D eigenvalue weighted by atomic mass is 9.64. The van der Waals surface area contributed by atoms with E-state index in [1.165, 1.54) is 30.6 Å². The van der Waals surface area contributed by atoms with Gasteiger partial charge in [-0.25, -0.2) is 9.69 Å². The number of piperazine rings is 1. The van der Waals surface area contributed by atoms with Crippen LogP contribution in [0.2, 0.25) is 0 Å². The molecule has 27 heavy (non-hydrogen) atoms. The van der Waals surface area contributed by atoms with Crippen LogP contribution in [-0.4, -0.2) is 71.1 Å². The number of hydrogen-bond acceptors (Lipinski definition) is 4. The fourth-order valence-corrected chi connectivity index (χ4v) is 6.37. The van der Waals surface area contributed by atoms with E-state index in [0.29, 0.717) is 12.6 Å². The van der Waals surface area contributed by atoms with E-state index in [2.05, 4.69) is 35.9 Å². The zero-order valence-corrected chi connectivity index (χ0v) is 17.3. The molecule has 4 aliphatic rings. The maximum atomic E-state index is 13.3. The topological polar surface area (TPSA) is 55.9 Å². The molecule has 0 aromatic heterocycles. The van der Waals surface area contributed by atoms with Gasteiger partial charge in [-0.3, -0.25) is 14.6 Å². The molecule has 1 N–H and O–H groups in total. The van der Waals surface area contributed by atoms with Gasteiger partial charge in [0.05, 0.1) is 6.67 Å². The molecule has 4 fully saturated rings. The van der Waals surface area contributed by atoms with Gasteiger partial charge in [0.1, 0.15) is 5.54 Å². The average Bonchev–Trinajstić information content (AvgIpc) is 3.18. The minimum Gasteiger partial charge on any atom is -0.323 e. The Kier molecular flexibility index (Phi) is 5.00. The fraction of sp³-hybridized carbons (Fsp3) is 0.905. The summed E-state index contributed by atoms with van der Waals surface area (Å²) in [6.07, 6.45) is 8.04. The van der Waals surface area contributed by atoms with Crippen LogP contribution in [-0.2, 0) is 4.79 Å². The molecule has 2 atom stereocenters. The number of nitrogens with zero attached hydrogens (tertiary/aromatic N) is 3. The van der Waals surface area contributed by atoms with Crippen molar-refractivity contribution in [1.82, 2.24) is 20.0 Å². The van der Waals surface area contributed by atoms with Gasteiger partial charge in [-0.05, 0) is 43.4 Å². The first-order chi connectivity index (χ1) is 12.8. The van der Waals surface area contributed by atoms with E-state index in [4.69, 9.17) is 0 Å². The van der Waals surface area contributed by atoms with Crippen LogP contribution in [0.3, 0.4) is 0 Å². The lowest BCUT2D eigenvalue weighted by Gasteiger charge is -2.44. The van der Waals surface area contributed by atoms with Crippen LogP contribution >= 0.6 is 0 Å². The molecule has 4 rings (SSSR count). The van der Waals surface area contributed by atoms with Crippen molar-refractivity contribution in [1.29, 1.82) is 0 Å². The smallest absolute Gasteiger partial charge is 0.323 e. The van der Waals surface area contributed by atoms with E-state index >= 15 is 0 Å². The highest BCUT2D eigenvalue weighted by molar-refractivity contribution is 6.07. The first-order valence-electron chi connectivity index (χ1n) is 10.9. The Labute approximate surface area is 163 Å². The Bertz CT molecular complexity index is 593. The number of rotatable bonds is 3. The van der Waals surface area contributed by atoms with E-state index in [9.17, 15) is 9.59 Å². The molecule has 0 radical (unpaired) electrons. The summed E-state index contributed by atoms with van der Waals surface area (Å²) in [5.41, 5.74) is -0.590. The fourth-order valence-electron chi connectivity index (χ4n) is 6.37. The minimum absolute atomic E-state index is 0.00495. The maximum Gasteiger partial charge on any atom is 0.326 e. The zero-order valence-electron chi connectivity index (χ0n) is 17.3. The Morgan fingerprint density at radius 3 is 2.33 bits per heavy atom. The summed E-state index contributed by atoms with van der Waals surface area (Å²) >= 11 is 0. The molecule has 0 aromatic rings. The number of urea groups is 1. The molecule has 6 nitrogen and oxygen atoms in total. The highest BCUT2D eigenvalue weighted by Gasteiger charge is 2.56. The number of amides is 3. The van der Waals surface area contributed by atoms with Gasteiger partial charge in [0.2, 0.25) is 0 Å². The van der Waals surface area contributed by atoms with Crippen molar-refractivity contribution >= 4 is 11.9 Å². The molecule has 6 heteroatoms. The lowest BCUT2D eigenvalue weighted by molar-refractivity contribution is -0.136. The van der Waals surface area contributed by atoms with E-state index in [1.54, 1.807) is 0 Å². The van der Waals surface area contributed by atoms with Gasteiger partial charge in [-0.2, -0.15) is 0 Å². The normalized spacial score (nSPS) is 36.0. The quantitative estimate of drug-likeness (QED) is 0.770. The van der Waals surface area contributed by atoms with Gasteiger partial charge in [-0.15, -0.1) is 0 Å². The molecule has 2 unspecified atom stereocenters. The number of carbonyl (C=O) groups excluding carboxylic acids is 2. The second-order valence-corrected chi connectivity index (χ2v) is 10.3. The molecular formula is C21H36N4O2. The van der Waals surface area contributed by atoms with Crippen molar-refractivity contribution in [3.05, 3.63) is 0 Å². The average molecular weight is 377 g/mol. The van der Waals surface area contributed by atoms with Gasteiger partial charge in [0.15, 0.2) is 0 Å². The molecule has 1 spiro atoms. The van der Waals surface area contributed by atoms with E-state index in [1.807, 2.05) is 0 Å². The largest absolute Gasteiger partial charge is 0.326 e. The van der Waals surface area contributed by atoms with Crippen molar-refractivity contribution in [3.8, 4) is 0 Å². The van der Waals surface area contributed by atoms with Crippen LogP contribution in [0.1, 0.15) is 65.7 Å². The SMILES string of the molecule is CC1CC(C)(C)CC2(C1)NC(=O)N(CN1CCN(C3CCCC3)CC1)C2=O. The Balaban J connectivity index is 1.37. The van der Waals surface area contributed by atoms with Gasteiger partial charge >= 0.3 is 6.03 Å². The third kappa shape index (κ3) is 3.75. The van der Waals surface area contributed by atoms with Crippen molar-refractivity contribution in [2.24, 2.45) is 11.3 Å². The van der Waals surface area contributed by atoms with Crippen LogP contribution < -0.4 is 5.32 Å². The third-order valence-corrected chi connectivity index (χ3v) is 7.21.